The molecule has 0 radical (unpaired) electrons. The molecule has 0 spiro atoms. The lowest BCUT2D eigenvalue weighted by Gasteiger charge is -2.31. The van der Waals surface area contributed by atoms with Gasteiger partial charge < -0.3 is 9.84 Å². The first-order chi connectivity index (χ1) is 9.33. The molecule has 6 heteroatoms. The highest BCUT2D eigenvalue weighted by Gasteiger charge is 2.35. The second kappa shape index (κ2) is 4.17. The molecular weight excluding hydrogens is 326 g/mol. The maximum Gasteiger partial charge on any atom is 0.278 e. The van der Waals surface area contributed by atoms with E-state index in [4.69, 9.17) is 4.74 Å². The number of benzene rings is 2. The number of aliphatic hydroxyl groups is 1. The smallest absolute Gasteiger partial charge is 0.278 e. The van der Waals surface area contributed by atoms with Gasteiger partial charge in [0.15, 0.2) is 0 Å². The minimum Gasteiger partial charge on any atom is -0.488 e. The Morgan fingerprint density at radius 3 is 2.80 bits per heavy atom. The zero-order valence-corrected chi connectivity index (χ0v) is 12.5. The van der Waals surface area contributed by atoms with Crippen molar-refractivity contribution >= 4 is 32.4 Å². The van der Waals surface area contributed by atoms with Crippen molar-refractivity contribution in [3.8, 4) is 5.75 Å². The molecule has 2 aromatic carbocycles. The second-order valence-electron chi connectivity index (χ2n) is 5.21. The van der Waals surface area contributed by atoms with Gasteiger partial charge in [0.25, 0.3) is 5.69 Å². The van der Waals surface area contributed by atoms with Crippen LogP contribution in [0.4, 0.5) is 5.69 Å². The van der Waals surface area contributed by atoms with Gasteiger partial charge in [-0.05, 0) is 40.9 Å². The van der Waals surface area contributed by atoms with Crippen LogP contribution in [0.1, 0.15) is 18.1 Å². The monoisotopic (exact) mass is 337 g/mol. The van der Waals surface area contributed by atoms with Gasteiger partial charge in [-0.15, -0.1) is 0 Å². The molecular formula is C14H12BrNO4. The van der Waals surface area contributed by atoms with Gasteiger partial charge >= 0.3 is 0 Å². The quantitative estimate of drug-likeness (QED) is 0.639. The summed E-state index contributed by atoms with van der Waals surface area (Å²) in [5, 5.41) is 22.9. The van der Waals surface area contributed by atoms with E-state index in [1.807, 2.05) is 6.92 Å². The molecule has 3 rings (SSSR count). The van der Waals surface area contributed by atoms with Crippen LogP contribution in [0.2, 0.25) is 0 Å². The van der Waals surface area contributed by atoms with Gasteiger partial charge in [0, 0.05) is 11.5 Å². The molecule has 2 aromatic rings. The number of nitro benzene ring substituents is 1. The molecule has 1 N–H and O–H groups in total. The van der Waals surface area contributed by atoms with Crippen LogP contribution in [0.5, 0.6) is 5.75 Å². The van der Waals surface area contributed by atoms with Crippen molar-refractivity contribution in [1.29, 1.82) is 0 Å². The van der Waals surface area contributed by atoms with Crippen molar-refractivity contribution in [2.75, 3.05) is 6.61 Å². The van der Waals surface area contributed by atoms with E-state index in [1.54, 1.807) is 19.1 Å². The summed E-state index contributed by atoms with van der Waals surface area (Å²) in [6, 6.07) is 5.05. The third-order valence-electron chi connectivity index (χ3n) is 3.65. The Hall–Kier alpha value is -1.66. The third-order valence-corrected chi connectivity index (χ3v) is 4.24. The predicted molar refractivity (Wildman–Crippen MR) is 78.1 cm³/mol. The summed E-state index contributed by atoms with van der Waals surface area (Å²) in [5.41, 5.74) is 0.290. The van der Waals surface area contributed by atoms with E-state index in [-0.39, 0.29) is 12.3 Å². The number of non-ortho nitro benzene ring substituents is 1. The van der Waals surface area contributed by atoms with Crippen LogP contribution in [0, 0.1) is 17.0 Å². The number of ether oxygens (including phenoxy) is 1. The number of nitrogens with zero attached hydrogens (tertiary/aromatic N) is 1. The number of aryl methyl sites for hydroxylation is 1. The highest BCUT2D eigenvalue weighted by molar-refractivity contribution is 9.10. The molecule has 1 unspecified atom stereocenters. The first-order valence-electron chi connectivity index (χ1n) is 6.09. The molecule has 0 amide bonds. The molecule has 0 aliphatic carbocycles. The zero-order chi connectivity index (χ0) is 14.7. The largest absolute Gasteiger partial charge is 0.488 e. The summed E-state index contributed by atoms with van der Waals surface area (Å²) in [7, 11) is 0. The average Bonchev–Trinajstić information content (AvgIpc) is 2.36. The molecule has 1 aliphatic rings. The minimum atomic E-state index is -1.16. The Labute approximate surface area is 123 Å². The van der Waals surface area contributed by atoms with E-state index in [2.05, 4.69) is 15.9 Å². The first-order valence-corrected chi connectivity index (χ1v) is 6.88. The SMILES string of the molecule is Cc1ccc2c3c(c(Br)cc([N+](=O)[O-])c13)OCC2(C)O. The van der Waals surface area contributed by atoms with E-state index < -0.39 is 10.5 Å². The maximum absolute atomic E-state index is 11.3. The fourth-order valence-corrected chi connectivity index (χ4v) is 3.20. The van der Waals surface area contributed by atoms with Gasteiger partial charge in [0.2, 0.25) is 0 Å². The molecule has 1 atom stereocenters. The second-order valence-corrected chi connectivity index (χ2v) is 6.06. The van der Waals surface area contributed by atoms with Gasteiger partial charge in [-0.2, -0.15) is 0 Å². The molecule has 104 valence electrons. The summed E-state index contributed by atoms with van der Waals surface area (Å²) >= 11 is 3.32. The molecule has 0 bridgehead atoms. The van der Waals surface area contributed by atoms with Crippen molar-refractivity contribution in [3.05, 3.63) is 43.9 Å². The van der Waals surface area contributed by atoms with Gasteiger partial charge in [0.05, 0.1) is 14.8 Å². The Balaban J connectivity index is 2.57. The van der Waals surface area contributed by atoms with Crippen LogP contribution >= 0.6 is 15.9 Å². The summed E-state index contributed by atoms with van der Waals surface area (Å²) in [4.78, 5) is 10.9. The molecule has 0 saturated heterocycles. The third kappa shape index (κ3) is 1.72. The Bertz CT molecular complexity index is 755. The normalized spacial score (nSPS) is 20.8. The molecule has 20 heavy (non-hydrogen) atoms. The Morgan fingerprint density at radius 2 is 2.15 bits per heavy atom. The molecule has 1 heterocycles. The fraction of sp³-hybridized carbons (Fsp3) is 0.286. The molecule has 0 saturated carbocycles. The standard InChI is InChI=1S/C14H12BrNO4/c1-7-3-4-8-12-11(7)10(16(18)19)5-9(15)13(12)20-6-14(8,2)17/h3-5,17H,6H2,1-2H3. The van der Waals surface area contributed by atoms with Gasteiger partial charge in [0.1, 0.15) is 18.0 Å². The van der Waals surface area contributed by atoms with Crippen LogP contribution in [-0.2, 0) is 5.60 Å². The zero-order valence-electron chi connectivity index (χ0n) is 10.9. The van der Waals surface area contributed by atoms with Crippen molar-refractivity contribution in [1.82, 2.24) is 0 Å². The van der Waals surface area contributed by atoms with E-state index in [0.29, 0.717) is 26.6 Å². The van der Waals surface area contributed by atoms with E-state index in [9.17, 15) is 15.2 Å². The number of hydrogen-bond donors (Lipinski definition) is 1. The van der Waals surface area contributed by atoms with Crippen LogP contribution in [0.25, 0.3) is 10.8 Å². The van der Waals surface area contributed by atoms with Gasteiger partial charge in [-0.25, -0.2) is 0 Å². The summed E-state index contributed by atoms with van der Waals surface area (Å²) in [5.74, 6) is 0.552. The van der Waals surface area contributed by atoms with Crippen LogP contribution < -0.4 is 4.74 Å². The average molecular weight is 338 g/mol. The van der Waals surface area contributed by atoms with Crippen molar-refractivity contribution in [2.24, 2.45) is 0 Å². The van der Waals surface area contributed by atoms with Crippen LogP contribution in [0.15, 0.2) is 22.7 Å². The number of hydrogen-bond acceptors (Lipinski definition) is 4. The summed E-state index contributed by atoms with van der Waals surface area (Å²) in [6.45, 7) is 3.58. The topological polar surface area (TPSA) is 72.6 Å². The lowest BCUT2D eigenvalue weighted by molar-refractivity contribution is -0.383. The minimum absolute atomic E-state index is 0.0104. The number of halogens is 1. The number of rotatable bonds is 1. The van der Waals surface area contributed by atoms with Gasteiger partial charge in [-0.1, -0.05) is 12.1 Å². The number of nitro groups is 1. The van der Waals surface area contributed by atoms with Crippen LogP contribution in [0.3, 0.4) is 0 Å². The van der Waals surface area contributed by atoms with E-state index in [1.165, 1.54) is 6.07 Å². The van der Waals surface area contributed by atoms with Crippen molar-refractivity contribution in [3.63, 3.8) is 0 Å². The lowest BCUT2D eigenvalue weighted by Crippen LogP contribution is -2.33. The first kappa shape index (κ1) is 13.3. The Morgan fingerprint density at radius 1 is 1.45 bits per heavy atom. The van der Waals surface area contributed by atoms with Crippen LogP contribution in [-0.4, -0.2) is 16.6 Å². The highest BCUT2D eigenvalue weighted by Crippen LogP contribution is 2.47. The van der Waals surface area contributed by atoms with E-state index >= 15 is 0 Å². The predicted octanol–water partition coefficient (Wildman–Crippen LogP) is 3.42. The fourth-order valence-electron chi connectivity index (χ4n) is 2.67. The summed E-state index contributed by atoms with van der Waals surface area (Å²) in [6.07, 6.45) is 0. The lowest BCUT2D eigenvalue weighted by atomic mass is 9.87. The molecule has 1 aliphatic heterocycles. The van der Waals surface area contributed by atoms with Gasteiger partial charge in [-0.3, -0.25) is 10.1 Å². The molecule has 5 nitrogen and oxygen atoms in total. The molecule has 0 fully saturated rings. The highest BCUT2D eigenvalue weighted by atomic mass is 79.9. The maximum atomic E-state index is 11.3. The Kier molecular flexibility index (Phi) is 2.78. The summed E-state index contributed by atoms with van der Waals surface area (Å²) < 4.78 is 6.14. The van der Waals surface area contributed by atoms with Crippen molar-refractivity contribution < 1.29 is 14.8 Å². The van der Waals surface area contributed by atoms with Crippen molar-refractivity contribution in [2.45, 2.75) is 19.4 Å². The van der Waals surface area contributed by atoms with E-state index in [0.717, 1.165) is 5.56 Å². The molecule has 0 aromatic heterocycles.